The van der Waals surface area contributed by atoms with Gasteiger partial charge in [0, 0.05) is 12.1 Å². The maximum Gasteiger partial charge on any atom is 0.310 e. The van der Waals surface area contributed by atoms with E-state index in [9.17, 15) is 9.59 Å². The van der Waals surface area contributed by atoms with Crippen LogP contribution in [-0.4, -0.2) is 37.2 Å². The summed E-state index contributed by atoms with van der Waals surface area (Å²) in [6.45, 7) is 8.18. The number of piperidine rings is 1. The number of carbonyl (C=O) groups is 2. The summed E-state index contributed by atoms with van der Waals surface area (Å²) < 4.78 is 10.1. The molecule has 0 radical (unpaired) electrons. The molecule has 0 aromatic heterocycles. The molecule has 1 rings (SSSR count). The smallest absolute Gasteiger partial charge is 0.310 e. The van der Waals surface area contributed by atoms with Crippen molar-refractivity contribution in [2.24, 2.45) is 11.8 Å². The third kappa shape index (κ3) is 3.45. The van der Waals surface area contributed by atoms with Gasteiger partial charge in [0.1, 0.15) is 0 Å². The van der Waals surface area contributed by atoms with E-state index in [0.717, 1.165) is 0 Å². The van der Waals surface area contributed by atoms with Crippen LogP contribution in [-0.2, 0) is 19.1 Å². The zero-order valence-electron chi connectivity index (χ0n) is 11.6. The lowest BCUT2D eigenvalue weighted by Crippen LogP contribution is -2.54. The van der Waals surface area contributed by atoms with Gasteiger partial charge in [0.15, 0.2) is 0 Å². The molecule has 4 unspecified atom stereocenters. The van der Waals surface area contributed by atoms with E-state index in [-0.39, 0.29) is 35.9 Å². The Labute approximate surface area is 108 Å². The van der Waals surface area contributed by atoms with Gasteiger partial charge in [0.2, 0.25) is 0 Å². The minimum atomic E-state index is -0.282. The Morgan fingerprint density at radius 1 is 1.00 bits per heavy atom. The summed E-state index contributed by atoms with van der Waals surface area (Å²) in [6, 6.07) is 0.0365. The number of hydrogen-bond donors (Lipinski definition) is 1. The lowest BCUT2D eigenvalue weighted by molar-refractivity contribution is -0.156. The zero-order chi connectivity index (χ0) is 13.7. The van der Waals surface area contributed by atoms with Gasteiger partial charge in [-0.3, -0.25) is 9.59 Å². The fourth-order valence-corrected chi connectivity index (χ4v) is 2.43. The maximum absolute atomic E-state index is 11.8. The van der Waals surface area contributed by atoms with Gasteiger partial charge in [-0.2, -0.15) is 0 Å². The van der Waals surface area contributed by atoms with Crippen molar-refractivity contribution in [3.8, 4) is 0 Å². The van der Waals surface area contributed by atoms with Crippen molar-refractivity contribution in [2.75, 3.05) is 13.2 Å². The summed E-state index contributed by atoms with van der Waals surface area (Å²) in [6.07, 6.45) is 0.493. The molecule has 0 saturated carbocycles. The van der Waals surface area contributed by atoms with E-state index < -0.39 is 0 Å². The molecular formula is C13H23NO4. The number of esters is 2. The van der Waals surface area contributed by atoms with E-state index in [4.69, 9.17) is 9.47 Å². The standard InChI is InChI=1S/C13H23NO4/c1-5-17-12(15)10-7-11(13(16)18-6-2)9(4)14-8(10)3/h8-11,14H,5-7H2,1-4H3. The van der Waals surface area contributed by atoms with Gasteiger partial charge < -0.3 is 14.8 Å². The molecule has 18 heavy (non-hydrogen) atoms. The molecule has 1 aliphatic heterocycles. The Morgan fingerprint density at radius 3 is 1.72 bits per heavy atom. The van der Waals surface area contributed by atoms with Crippen molar-refractivity contribution in [3.05, 3.63) is 0 Å². The SMILES string of the molecule is CCOC(=O)C1CC(C(=O)OCC)C(C)NC1C. The van der Waals surface area contributed by atoms with Crippen LogP contribution < -0.4 is 5.32 Å². The molecule has 4 atom stereocenters. The highest BCUT2D eigenvalue weighted by Gasteiger charge is 2.40. The Kier molecular flexibility index (Phi) is 5.59. The van der Waals surface area contributed by atoms with Crippen molar-refractivity contribution in [2.45, 2.75) is 46.2 Å². The topological polar surface area (TPSA) is 64.6 Å². The number of ether oxygens (including phenoxy) is 2. The Balaban J connectivity index is 2.71. The first-order chi connectivity index (χ1) is 8.51. The van der Waals surface area contributed by atoms with Crippen LogP contribution in [0.5, 0.6) is 0 Å². The molecule has 1 fully saturated rings. The van der Waals surface area contributed by atoms with Gasteiger partial charge >= 0.3 is 11.9 Å². The summed E-state index contributed by atoms with van der Waals surface area (Å²) in [5.41, 5.74) is 0. The van der Waals surface area contributed by atoms with Crippen LogP contribution in [0.25, 0.3) is 0 Å². The molecule has 5 heteroatoms. The average molecular weight is 257 g/mol. The maximum atomic E-state index is 11.8. The third-order valence-electron chi connectivity index (χ3n) is 3.42. The molecule has 1 saturated heterocycles. The summed E-state index contributed by atoms with van der Waals surface area (Å²) in [7, 11) is 0. The van der Waals surface area contributed by atoms with Crippen molar-refractivity contribution in [3.63, 3.8) is 0 Å². The van der Waals surface area contributed by atoms with Crippen molar-refractivity contribution in [1.29, 1.82) is 0 Å². The first-order valence-electron chi connectivity index (χ1n) is 6.60. The Morgan fingerprint density at radius 2 is 1.39 bits per heavy atom. The van der Waals surface area contributed by atoms with Crippen LogP contribution in [0.2, 0.25) is 0 Å². The lowest BCUT2D eigenvalue weighted by atomic mass is 9.81. The van der Waals surface area contributed by atoms with Gasteiger partial charge in [-0.25, -0.2) is 0 Å². The highest BCUT2D eigenvalue weighted by molar-refractivity contribution is 5.77. The molecule has 5 nitrogen and oxygen atoms in total. The van der Waals surface area contributed by atoms with Crippen LogP contribution in [0.15, 0.2) is 0 Å². The van der Waals surface area contributed by atoms with E-state index in [2.05, 4.69) is 5.32 Å². The van der Waals surface area contributed by atoms with Crippen molar-refractivity contribution in [1.82, 2.24) is 5.32 Å². The van der Waals surface area contributed by atoms with E-state index in [1.54, 1.807) is 13.8 Å². The van der Waals surface area contributed by atoms with Crippen LogP contribution in [0.1, 0.15) is 34.1 Å². The second-order valence-electron chi connectivity index (χ2n) is 4.70. The van der Waals surface area contributed by atoms with Crippen LogP contribution in [0, 0.1) is 11.8 Å². The molecule has 0 aromatic rings. The van der Waals surface area contributed by atoms with Crippen LogP contribution >= 0.6 is 0 Å². The quantitative estimate of drug-likeness (QED) is 0.764. The predicted octanol–water partition coefficient (Wildman–Crippen LogP) is 1.12. The molecular weight excluding hydrogens is 234 g/mol. The second-order valence-corrected chi connectivity index (χ2v) is 4.70. The lowest BCUT2D eigenvalue weighted by Gasteiger charge is -2.37. The molecule has 0 amide bonds. The molecule has 1 heterocycles. The summed E-state index contributed by atoms with van der Waals surface area (Å²) in [5, 5.41) is 3.26. The normalized spacial score (nSPS) is 31.8. The highest BCUT2D eigenvalue weighted by Crippen LogP contribution is 2.27. The average Bonchev–Trinajstić information content (AvgIpc) is 2.29. The molecule has 1 aliphatic rings. The monoisotopic (exact) mass is 257 g/mol. The van der Waals surface area contributed by atoms with E-state index in [1.165, 1.54) is 0 Å². The third-order valence-corrected chi connectivity index (χ3v) is 3.42. The van der Waals surface area contributed by atoms with Crippen molar-refractivity contribution >= 4 is 11.9 Å². The van der Waals surface area contributed by atoms with E-state index >= 15 is 0 Å². The van der Waals surface area contributed by atoms with Crippen LogP contribution in [0.3, 0.4) is 0 Å². The number of rotatable bonds is 4. The summed E-state index contributed by atoms with van der Waals surface area (Å²) in [5.74, 6) is -1.04. The van der Waals surface area contributed by atoms with Crippen LogP contribution in [0.4, 0.5) is 0 Å². The number of nitrogens with one attached hydrogen (secondary N) is 1. The molecule has 0 spiro atoms. The molecule has 0 aromatic carbocycles. The first-order valence-corrected chi connectivity index (χ1v) is 6.60. The van der Waals surface area contributed by atoms with Gasteiger partial charge in [0.05, 0.1) is 25.0 Å². The predicted molar refractivity (Wildman–Crippen MR) is 66.9 cm³/mol. The van der Waals surface area contributed by atoms with Gasteiger partial charge in [-0.05, 0) is 34.1 Å². The second kappa shape index (κ2) is 6.73. The fourth-order valence-electron chi connectivity index (χ4n) is 2.43. The highest BCUT2D eigenvalue weighted by atomic mass is 16.5. The number of hydrogen-bond acceptors (Lipinski definition) is 5. The van der Waals surface area contributed by atoms with Gasteiger partial charge in [-0.1, -0.05) is 0 Å². The largest absolute Gasteiger partial charge is 0.466 e. The zero-order valence-corrected chi connectivity index (χ0v) is 11.6. The summed E-state index contributed by atoms with van der Waals surface area (Å²) >= 11 is 0. The molecule has 104 valence electrons. The van der Waals surface area contributed by atoms with E-state index in [1.807, 2.05) is 13.8 Å². The molecule has 1 N–H and O–H groups in total. The van der Waals surface area contributed by atoms with Gasteiger partial charge in [-0.15, -0.1) is 0 Å². The van der Waals surface area contributed by atoms with Gasteiger partial charge in [0.25, 0.3) is 0 Å². The first kappa shape index (κ1) is 15.0. The minimum absolute atomic E-state index is 0.0183. The van der Waals surface area contributed by atoms with E-state index in [0.29, 0.717) is 19.6 Å². The fraction of sp³-hybridized carbons (Fsp3) is 0.846. The number of carbonyl (C=O) groups excluding carboxylic acids is 2. The Hall–Kier alpha value is -1.10. The Bertz CT molecular complexity index is 277. The molecule has 0 bridgehead atoms. The summed E-state index contributed by atoms with van der Waals surface area (Å²) in [4.78, 5) is 23.7. The molecule has 0 aliphatic carbocycles. The van der Waals surface area contributed by atoms with Crippen molar-refractivity contribution < 1.29 is 19.1 Å². The minimum Gasteiger partial charge on any atom is -0.466 e.